The number of rotatable bonds is 9. The van der Waals surface area contributed by atoms with Gasteiger partial charge in [-0.15, -0.1) is 0 Å². The Balaban J connectivity index is 1.20. The predicted octanol–water partition coefficient (Wildman–Crippen LogP) is 7.26. The van der Waals surface area contributed by atoms with Gasteiger partial charge in [0.05, 0.1) is 16.0 Å². The largest absolute Gasteiger partial charge is 0.494 e. The zero-order valence-electron chi connectivity index (χ0n) is 21.6. The van der Waals surface area contributed by atoms with Gasteiger partial charge >= 0.3 is 0 Å². The van der Waals surface area contributed by atoms with Gasteiger partial charge < -0.3 is 14.8 Å². The Labute approximate surface area is 244 Å². The molecule has 1 aliphatic heterocycles. The molecule has 5 rings (SSSR count). The lowest BCUT2D eigenvalue weighted by atomic mass is 10.1. The van der Waals surface area contributed by atoms with Crippen molar-refractivity contribution in [1.29, 1.82) is 0 Å². The molecule has 0 aromatic heterocycles. The van der Waals surface area contributed by atoms with E-state index < -0.39 is 17.1 Å². The van der Waals surface area contributed by atoms with E-state index in [0.717, 1.165) is 32.1 Å². The van der Waals surface area contributed by atoms with E-state index in [9.17, 15) is 14.4 Å². The zero-order chi connectivity index (χ0) is 28.1. The normalized spacial score (nSPS) is 14.2. The van der Waals surface area contributed by atoms with Crippen LogP contribution in [0.5, 0.6) is 11.5 Å². The summed E-state index contributed by atoms with van der Waals surface area (Å²) in [5, 5.41) is 4.54. The molecule has 1 fully saturated rings. The van der Waals surface area contributed by atoms with Gasteiger partial charge in [-0.25, -0.2) is 0 Å². The van der Waals surface area contributed by atoms with Crippen LogP contribution in [-0.4, -0.2) is 35.1 Å². The summed E-state index contributed by atoms with van der Waals surface area (Å²) in [6, 6.07) is 26.7. The van der Waals surface area contributed by atoms with Crippen molar-refractivity contribution >= 4 is 67.3 Å². The molecule has 0 aliphatic carbocycles. The fourth-order valence-electron chi connectivity index (χ4n) is 4.15. The van der Waals surface area contributed by atoms with E-state index in [1.165, 1.54) is 5.39 Å². The Hall–Kier alpha value is -4.08. The van der Waals surface area contributed by atoms with Crippen LogP contribution in [0.4, 0.5) is 10.5 Å². The third kappa shape index (κ3) is 6.55. The molecule has 0 unspecified atom stereocenters. The average molecular weight is 618 g/mol. The van der Waals surface area contributed by atoms with Crippen LogP contribution < -0.4 is 14.8 Å². The van der Waals surface area contributed by atoms with Crippen molar-refractivity contribution in [3.05, 3.63) is 105 Å². The summed E-state index contributed by atoms with van der Waals surface area (Å²) in [7, 11) is 0. The van der Waals surface area contributed by atoms with Crippen molar-refractivity contribution in [2.24, 2.45) is 0 Å². The minimum atomic E-state index is -0.510. The van der Waals surface area contributed by atoms with E-state index in [-0.39, 0.29) is 11.4 Å². The Kier molecular flexibility index (Phi) is 8.52. The highest BCUT2D eigenvalue weighted by atomic mass is 79.9. The number of benzene rings is 4. The maximum Gasteiger partial charge on any atom is 0.294 e. The van der Waals surface area contributed by atoms with Gasteiger partial charge in [-0.05, 0) is 105 Å². The van der Waals surface area contributed by atoms with E-state index in [4.69, 9.17) is 9.47 Å². The fraction of sp³-hybridized carbons (Fsp3) is 0.129. The number of imide groups is 1. The summed E-state index contributed by atoms with van der Waals surface area (Å²) >= 11 is 4.35. The summed E-state index contributed by atoms with van der Waals surface area (Å²) < 4.78 is 12.1. The Bertz CT molecular complexity index is 1620. The molecule has 0 atom stereocenters. The third-order valence-corrected chi connectivity index (χ3v) is 7.61. The lowest BCUT2D eigenvalue weighted by Crippen LogP contribution is -2.36. The number of carbonyl (C=O) groups is 3. The number of carbonyl (C=O) groups excluding carboxylic acids is 3. The molecule has 0 spiro atoms. The van der Waals surface area contributed by atoms with Gasteiger partial charge in [0.15, 0.2) is 0 Å². The van der Waals surface area contributed by atoms with Gasteiger partial charge in [-0.2, -0.15) is 0 Å². The van der Waals surface area contributed by atoms with Crippen molar-refractivity contribution < 1.29 is 23.9 Å². The Morgan fingerprint density at radius 2 is 1.73 bits per heavy atom. The first-order valence-electron chi connectivity index (χ1n) is 12.6. The van der Waals surface area contributed by atoms with Gasteiger partial charge in [0.2, 0.25) is 5.91 Å². The number of nitrogens with one attached hydrogen (secondary N) is 1. The molecular weight excluding hydrogens is 592 g/mol. The van der Waals surface area contributed by atoms with E-state index in [0.29, 0.717) is 36.0 Å². The summed E-state index contributed by atoms with van der Waals surface area (Å²) in [6.07, 6.45) is 1.63. The number of ether oxygens (including phenoxy) is 2. The summed E-state index contributed by atoms with van der Waals surface area (Å²) in [5.41, 5.74) is 2.31. The second-order valence-corrected chi connectivity index (χ2v) is 10.8. The van der Waals surface area contributed by atoms with Crippen LogP contribution in [-0.2, 0) is 16.2 Å². The van der Waals surface area contributed by atoms with Gasteiger partial charge in [0.1, 0.15) is 24.7 Å². The zero-order valence-corrected chi connectivity index (χ0v) is 24.0. The second-order valence-electron chi connectivity index (χ2n) is 8.93. The lowest BCUT2D eigenvalue weighted by molar-refractivity contribution is -0.127. The van der Waals surface area contributed by atoms with Crippen molar-refractivity contribution in [2.75, 3.05) is 18.5 Å². The molecule has 4 aromatic rings. The van der Waals surface area contributed by atoms with Crippen LogP contribution >= 0.6 is 27.7 Å². The standard InChI is InChI=1S/C31H25BrN2O5S/c1-2-38-25-12-10-24(11-13-25)33-29(35)18-34-30(36)28(40-31(34)37)17-20-8-14-27(26(32)16-20)39-19-21-7-9-22-5-3-4-6-23(22)15-21/h3-17H,2,18-19H2,1H3,(H,33,35)/b28-17+. The minimum absolute atomic E-state index is 0.246. The fourth-order valence-corrected chi connectivity index (χ4v) is 5.50. The molecule has 9 heteroatoms. The highest BCUT2D eigenvalue weighted by Gasteiger charge is 2.36. The molecule has 4 aromatic carbocycles. The molecule has 1 heterocycles. The molecule has 7 nitrogen and oxygen atoms in total. The monoisotopic (exact) mass is 616 g/mol. The first-order valence-corrected chi connectivity index (χ1v) is 14.2. The molecular formula is C31H25BrN2O5S. The molecule has 202 valence electrons. The quantitative estimate of drug-likeness (QED) is 0.199. The molecule has 0 saturated carbocycles. The molecule has 0 radical (unpaired) electrons. The van der Waals surface area contributed by atoms with Crippen LogP contribution in [0.3, 0.4) is 0 Å². The van der Waals surface area contributed by atoms with Crippen molar-refractivity contribution in [1.82, 2.24) is 4.90 Å². The number of thioether (sulfide) groups is 1. The van der Waals surface area contributed by atoms with Gasteiger partial charge in [0, 0.05) is 5.69 Å². The lowest BCUT2D eigenvalue weighted by Gasteiger charge is -2.13. The molecule has 1 N–H and O–H groups in total. The molecule has 3 amide bonds. The van der Waals surface area contributed by atoms with Crippen molar-refractivity contribution in [3.63, 3.8) is 0 Å². The number of fused-ring (bicyclic) bond motifs is 1. The Morgan fingerprint density at radius 3 is 2.48 bits per heavy atom. The molecule has 1 aliphatic rings. The topological polar surface area (TPSA) is 84.9 Å². The van der Waals surface area contributed by atoms with Gasteiger partial charge in [-0.3, -0.25) is 19.3 Å². The Morgan fingerprint density at radius 1 is 0.950 bits per heavy atom. The highest BCUT2D eigenvalue weighted by molar-refractivity contribution is 9.10. The summed E-state index contributed by atoms with van der Waals surface area (Å²) in [6.45, 7) is 2.46. The smallest absolute Gasteiger partial charge is 0.294 e. The molecule has 0 bridgehead atoms. The van der Waals surface area contributed by atoms with Crippen LogP contribution in [0.25, 0.3) is 16.8 Å². The van der Waals surface area contributed by atoms with Crippen LogP contribution in [0.2, 0.25) is 0 Å². The summed E-state index contributed by atoms with van der Waals surface area (Å²) in [5.74, 6) is 0.366. The molecule has 40 heavy (non-hydrogen) atoms. The van der Waals surface area contributed by atoms with Crippen molar-refractivity contribution in [2.45, 2.75) is 13.5 Å². The average Bonchev–Trinajstić information content (AvgIpc) is 3.20. The number of nitrogens with zero attached hydrogens (tertiary/aromatic N) is 1. The summed E-state index contributed by atoms with van der Waals surface area (Å²) in [4.78, 5) is 39.1. The third-order valence-electron chi connectivity index (χ3n) is 6.09. The number of halogens is 1. The minimum Gasteiger partial charge on any atom is -0.494 e. The van der Waals surface area contributed by atoms with E-state index in [1.807, 2.05) is 43.3 Å². The SMILES string of the molecule is CCOc1ccc(NC(=O)CN2C(=O)S/C(=C/c3ccc(OCc4ccc5ccccc5c4)c(Br)c3)C2=O)cc1. The van der Waals surface area contributed by atoms with Crippen LogP contribution in [0.15, 0.2) is 94.3 Å². The van der Waals surface area contributed by atoms with Crippen molar-refractivity contribution in [3.8, 4) is 11.5 Å². The number of anilines is 1. The van der Waals surface area contributed by atoms with E-state index in [1.54, 1.807) is 30.3 Å². The second kappa shape index (κ2) is 12.4. The van der Waals surface area contributed by atoms with Gasteiger partial charge in [0.25, 0.3) is 11.1 Å². The predicted molar refractivity (Wildman–Crippen MR) is 161 cm³/mol. The maximum absolute atomic E-state index is 12.9. The number of amides is 3. The van der Waals surface area contributed by atoms with E-state index in [2.05, 4.69) is 45.5 Å². The van der Waals surface area contributed by atoms with E-state index >= 15 is 0 Å². The van der Waals surface area contributed by atoms with Gasteiger partial charge in [-0.1, -0.05) is 42.5 Å². The highest BCUT2D eigenvalue weighted by Crippen LogP contribution is 2.34. The van der Waals surface area contributed by atoms with Crippen LogP contribution in [0.1, 0.15) is 18.1 Å². The van der Waals surface area contributed by atoms with Crippen LogP contribution in [0, 0.1) is 0 Å². The molecule has 1 saturated heterocycles. The number of hydrogen-bond acceptors (Lipinski definition) is 6. The first-order chi connectivity index (χ1) is 19.4. The maximum atomic E-state index is 12.9. The number of hydrogen-bond donors (Lipinski definition) is 1. The first kappa shape index (κ1) is 27.5.